The SMILES string of the molecule is Cc1cnccc1NCCn1ccnc1-c1ccc2n(c1=O)C[C@@H]1CNC[C@H]2C1. The Morgan fingerprint density at radius 3 is 3.07 bits per heavy atom. The van der Waals surface area contributed by atoms with Crippen LogP contribution in [0.4, 0.5) is 5.69 Å². The average molecular weight is 390 g/mol. The first-order valence-corrected chi connectivity index (χ1v) is 10.3. The molecular formula is C22H26N6O. The zero-order valence-corrected chi connectivity index (χ0v) is 16.6. The van der Waals surface area contributed by atoms with E-state index in [-0.39, 0.29) is 5.56 Å². The fraction of sp³-hybridized carbons (Fsp3) is 0.409. The molecule has 5 heterocycles. The van der Waals surface area contributed by atoms with Gasteiger partial charge in [-0.15, -0.1) is 0 Å². The summed E-state index contributed by atoms with van der Waals surface area (Å²) in [6.07, 6.45) is 8.54. The predicted molar refractivity (Wildman–Crippen MR) is 113 cm³/mol. The Labute approximate surface area is 169 Å². The third-order valence-electron chi connectivity index (χ3n) is 6.15. The van der Waals surface area contributed by atoms with Crippen LogP contribution in [-0.4, -0.2) is 38.7 Å². The van der Waals surface area contributed by atoms with Crippen LogP contribution in [0, 0.1) is 12.8 Å². The number of aromatic nitrogens is 4. The van der Waals surface area contributed by atoms with Crippen molar-refractivity contribution in [2.24, 2.45) is 5.92 Å². The highest BCUT2D eigenvalue weighted by molar-refractivity contribution is 5.55. The maximum atomic E-state index is 13.3. The summed E-state index contributed by atoms with van der Waals surface area (Å²) in [5.74, 6) is 1.73. The lowest BCUT2D eigenvalue weighted by Crippen LogP contribution is -2.45. The second-order valence-corrected chi connectivity index (χ2v) is 8.11. The molecule has 0 unspecified atom stereocenters. The number of imidazole rings is 1. The molecule has 3 aromatic rings. The van der Waals surface area contributed by atoms with Gasteiger partial charge in [0.05, 0.1) is 5.56 Å². The molecule has 3 aromatic heterocycles. The molecule has 0 amide bonds. The van der Waals surface area contributed by atoms with E-state index in [4.69, 9.17) is 0 Å². The summed E-state index contributed by atoms with van der Waals surface area (Å²) in [5.41, 5.74) is 4.13. The van der Waals surface area contributed by atoms with E-state index in [1.165, 1.54) is 6.42 Å². The second kappa shape index (κ2) is 7.48. The molecule has 2 atom stereocenters. The molecule has 1 saturated heterocycles. The first-order valence-electron chi connectivity index (χ1n) is 10.3. The van der Waals surface area contributed by atoms with Gasteiger partial charge in [-0.2, -0.15) is 0 Å². The van der Waals surface area contributed by atoms with Gasteiger partial charge < -0.3 is 19.8 Å². The van der Waals surface area contributed by atoms with E-state index in [1.807, 2.05) is 36.0 Å². The van der Waals surface area contributed by atoms with Crippen molar-refractivity contribution in [3.05, 3.63) is 64.6 Å². The summed E-state index contributed by atoms with van der Waals surface area (Å²) in [4.78, 5) is 21.9. The highest BCUT2D eigenvalue weighted by atomic mass is 16.1. The third-order valence-corrected chi connectivity index (χ3v) is 6.15. The molecule has 29 heavy (non-hydrogen) atoms. The Kier molecular flexibility index (Phi) is 4.67. The number of rotatable bonds is 5. The maximum Gasteiger partial charge on any atom is 0.261 e. The molecule has 2 bridgehead atoms. The zero-order valence-electron chi connectivity index (χ0n) is 16.6. The standard InChI is InChI=1S/C22H26N6O/c1-15-11-23-5-4-19(15)25-6-8-27-9-7-26-21(27)18-2-3-20-17-10-16(12-24-13-17)14-28(20)22(18)29/h2-5,7,9,11,16-17,24H,6,8,10,12-14H2,1H3,(H,23,25)/t16-,17+/m0/s1. The summed E-state index contributed by atoms with van der Waals surface area (Å²) in [6.45, 7) is 6.28. The van der Waals surface area contributed by atoms with Crippen LogP contribution in [0.3, 0.4) is 0 Å². The van der Waals surface area contributed by atoms with Gasteiger partial charge in [0, 0.05) is 68.3 Å². The summed E-state index contributed by atoms with van der Waals surface area (Å²) in [5, 5.41) is 6.94. The molecule has 5 rings (SSSR count). The van der Waals surface area contributed by atoms with Crippen LogP contribution in [-0.2, 0) is 13.1 Å². The Morgan fingerprint density at radius 1 is 1.24 bits per heavy atom. The number of hydrogen-bond donors (Lipinski definition) is 2. The summed E-state index contributed by atoms with van der Waals surface area (Å²) in [7, 11) is 0. The van der Waals surface area contributed by atoms with Gasteiger partial charge in [0.25, 0.3) is 5.56 Å². The van der Waals surface area contributed by atoms with Gasteiger partial charge in [0.2, 0.25) is 0 Å². The number of anilines is 1. The molecule has 2 N–H and O–H groups in total. The number of fused-ring (bicyclic) bond motifs is 4. The molecule has 0 aromatic carbocycles. The molecule has 7 nitrogen and oxygen atoms in total. The molecular weight excluding hydrogens is 364 g/mol. The van der Waals surface area contributed by atoms with E-state index in [0.29, 0.717) is 17.4 Å². The largest absolute Gasteiger partial charge is 0.383 e. The molecule has 0 aliphatic carbocycles. The van der Waals surface area contributed by atoms with Gasteiger partial charge in [-0.3, -0.25) is 9.78 Å². The highest BCUT2D eigenvalue weighted by Gasteiger charge is 2.31. The van der Waals surface area contributed by atoms with E-state index in [1.54, 1.807) is 12.4 Å². The lowest BCUT2D eigenvalue weighted by molar-refractivity contribution is 0.257. The minimum atomic E-state index is 0.0875. The number of aryl methyl sites for hydroxylation is 1. The predicted octanol–water partition coefficient (Wildman–Crippen LogP) is 2.23. The normalized spacial score (nSPS) is 20.3. The summed E-state index contributed by atoms with van der Waals surface area (Å²) in [6, 6.07) is 6.07. The number of nitrogens with one attached hydrogen (secondary N) is 2. The molecule has 7 heteroatoms. The fourth-order valence-corrected chi connectivity index (χ4v) is 4.68. The van der Waals surface area contributed by atoms with Gasteiger partial charge >= 0.3 is 0 Å². The van der Waals surface area contributed by atoms with Gasteiger partial charge in [-0.1, -0.05) is 0 Å². The lowest BCUT2D eigenvalue weighted by atomic mass is 9.84. The van der Waals surface area contributed by atoms with Gasteiger partial charge in [-0.05, 0) is 49.6 Å². The number of hydrogen-bond acceptors (Lipinski definition) is 5. The smallest absolute Gasteiger partial charge is 0.261 e. The fourth-order valence-electron chi connectivity index (χ4n) is 4.68. The summed E-state index contributed by atoms with van der Waals surface area (Å²) >= 11 is 0. The minimum absolute atomic E-state index is 0.0875. The Balaban J connectivity index is 1.39. The highest BCUT2D eigenvalue weighted by Crippen LogP contribution is 2.32. The lowest BCUT2D eigenvalue weighted by Gasteiger charge is -2.37. The first-order chi connectivity index (χ1) is 14.2. The van der Waals surface area contributed by atoms with Crippen molar-refractivity contribution < 1.29 is 0 Å². The van der Waals surface area contributed by atoms with Gasteiger partial charge in [0.15, 0.2) is 0 Å². The quantitative estimate of drug-likeness (QED) is 0.699. The minimum Gasteiger partial charge on any atom is -0.383 e. The molecule has 0 saturated carbocycles. The van der Waals surface area contributed by atoms with Crippen LogP contribution in [0.15, 0.2) is 47.8 Å². The molecule has 0 spiro atoms. The van der Waals surface area contributed by atoms with Crippen LogP contribution in [0.5, 0.6) is 0 Å². The second-order valence-electron chi connectivity index (χ2n) is 8.11. The van der Waals surface area contributed by atoms with Crippen molar-refractivity contribution >= 4 is 5.69 Å². The van der Waals surface area contributed by atoms with Crippen molar-refractivity contribution in [3.8, 4) is 11.4 Å². The van der Waals surface area contributed by atoms with E-state index in [9.17, 15) is 4.79 Å². The van der Waals surface area contributed by atoms with Crippen molar-refractivity contribution in [1.82, 2.24) is 24.4 Å². The zero-order chi connectivity index (χ0) is 19.8. The molecule has 150 valence electrons. The van der Waals surface area contributed by atoms with E-state index >= 15 is 0 Å². The van der Waals surface area contributed by atoms with Crippen LogP contribution in [0.2, 0.25) is 0 Å². The molecule has 2 aliphatic rings. The maximum absolute atomic E-state index is 13.3. The monoisotopic (exact) mass is 390 g/mol. The Morgan fingerprint density at radius 2 is 2.17 bits per heavy atom. The van der Waals surface area contributed by atoms with Gasteiger partial charge in [0.1, 0.15) is 5.82 Å². The molecule has 0 radical (unpaired) electrons. The van der Waals surface area contributed by atoms with E-state index in [0.717, 1.165) is 55.5 Å². The van der Waals surface area contributed by atoms with Crippen LogP contribution >= 0.6 is 0 Å². The van der Waals surface area contributed by atoms with Crippen LogP contribution < -0.4 is 16.2 Å². The average Bonchev–Trinajstić information content (AvgIpc) is 3.19. The number of nitrogens with zero attached hydrogens (tertiary/aromatic N) is 4. The number of piperidine rings is 1. The van der Waals surface area contributed by atoms with Gasteiger partial charge in [-0.25, -0.2) is 4.98 Å². The van der Waals surface area contributed by atoms with Crippen molar-refractivity contribution in [2.45, 2.75) is 32.4 Å². The van der Waals surface area contributed by atoms with Crippen molar-refractivity contribution in [2.75, 3.05) is 25.0 Å². The summed E-state index contributed by atoms with van der Waals surface area (Å²) < 4.78 is 4.05. The molecule has 2 aliphatic heterocycles. The molecule has 1 fully saturated rings. The van der Waals surface area contributed by atoms with Crippen LogP contribution in [0.1, 0.15) is 23.6 Å². The third kappa shape index (κ3) is 3.35. The van der Waals surface area contributed by atoms with Crippen molar-refractivity contribution in [1.29, 1.82) is 0 Å². The Hall–Kier alpha value is -2.93. The van der Waals surface area contributed by atoms with Crippen LogP contribution in [0.25, 0.3) is 11.4 Å². The number of pyridine rings is 2. The van der Waals surface area contributed by atoms with E-state index in [2.05, 4.69) is 31.2 Å². The first kappa shape index (κ1) is 18.1. The van der Waals surface area contributed by atoms with E-state index < -0.39 is 0 Å². The Bertz CT molecular complexity index is 1080. The van der Waals surface area contributed by atoms with Crippen molar-refractivity contribution in [3.63, 3.8) is 0 Å². The topological polar surface area (TPSA) is 76.8 Å².